The van der Waals surface area contributed by atoms with Gasteiger partial charge in [-0.25, -0.2) is 8.42 Å². The summed E-state index contributed by atoms with van der Waals surface area (Å²) in [7, 11) is -2.83. The summed E-state index contributed by atoms with van der Waals surface area (Å²) in [4.78, 5) is 0. The van der Waals surface area contributed by atoms with Crippen molar-refractivity contribution >= 4 is 9.84 Å². The first-order chi connectivity index (χ1) is 6.98. The van der Waals surface area contributed by atoms with Crippen LogP contribution in [0.15, 0.2) is 0 Å². The molecule has 0 bridgehead atoms. The van der Waals surface area contributed by atoms with Gasteiger partial charge in [0.2, 0.25) is 0 Å². The van der Waals surface area contributed by atoms with E-state index < -0.39 is 9.84 Å². The molecule has 0 aromatic carbocycles. The van der Waals surface area contributed by atoms with Crippen molar-refractivity contribution in [3.63, 3.8) is 0 Å². The molecule has 92 valence electrons. The lowest BCUT2D eigenvalue weighted by molar-refractivity contribution is 0.112. The van der Waals surface area contributed by atoms with Crippen molar-refractivity contribution in [1.29, 1.82) is 0 Å². The second kappa shape index (κ2) is 8.07. The van der Waals surface area contributed by atoms with Gasteiger partial charge in [0.05, 0.1) is 12.4 Å². The van der Waals surface area contributed by atoms with Gasteiger partial charge in [0.1, 0.15) is 0 Å². The molecule has 0 unspecified atom stereocenters. The van der Waals surface area contributed by atoms with Gasteiger partial charge in [0, 0.05) is 25.4 Å². The zero-order chi connectivity index (χ0) is 11.7. The molecule has 0 aliphatic heterocycles. The number of hydrogen-bond donors (Lipinski definition) is 1. The minimum atomic E-state index is -2.83. The summed E-state index contributed by atoms with van der Waals surface area (Å²) in [6.07, 6.45) is 0. The Morgan fingerprint density at radius 3 is 2.47 bits per heavy atom. The van der Waals surface area contributed by atoms with Gasteiger partial charge in [-0.3, -0.25) is 0 Å². The fourth-order valence-corrected chi connectivity index (χ4v) is 1.70. The number of sulfone groups is 1. The molecule has 0 radical (unpaired) electrons. The van der Waals surface area contributed by atoms with Crippen molar-refractivity contribution in [3.8, 4) is 0 Å². The van der Waals surface area contributed by atoms with E-state index in [1.54, 1.807) is 6.92 Å². The summed E-state index contributed by atoms with van der Waals surface area (Å²) in [6.45, 7) is 8.50. The Morgan fingerprint density at radius 1 is 1.27 bits per heavy atom. The summed E-state index contributed by atoms with van der Waals surface area (Å²) in [6, 6.07) is 0. The zero-order valence-corrected chi connectivity index (χ0v) is 10.8. The van der Waals surface area contributed by atoms with Gasteiger partial charge < -0.3 is 10.1 Å². The van der Waals surface area contributed by atoms with Crippen molar-refractivity contribution in [2.24, 2.45) is 5.92 Å². The van der Waals surface area contributed by atoms with Crippen LogP contribution < -0.4 is 5.32 Å². The molecular formula is C10H23NO3S. The van der Waals surface area contributed by atoms with Gasteiger partial charge in [-0.1, -0.05) is 20.8 Å². The molecule has 0 aromatic rings. The standard InChI is InChI=1S/C10H23NO3S/c1-4-15(12,13)8-6-11-5-7-14-9-10(2)3/h10-11H,4-9H2,1-3H3. The number of hydrogen-bond acceptors (Lipinski definition) is 4. The second-order valence-corrected chi connectivity index (χ2v) is 6.43. The minimum Gasteiger partial charge on any atom is -0.380 e. The molecule has 15 heavy (non-hydrogen) atoms. The largest absolute Gasteiger partial charge is 0.380 e. The lowest BCUT2D eigenvalue weighted by Gasteiger charge is -2.07. The Hall–Kier alpha value is -0.130. The highest BCUT2D eigenvalue weighted by molar-refractivity contribution is 7.91. The maximum atomic E-state index is 11.1. The Kier molecular flexibility index (Phi) is 8.00. The summed E-state index contributed by atoms with van der Waals surface area (Å²) >= 11 is 0. The Labute approximate surface area is 93.3 Å². The third kappa shape index (κ3) is 10.2. The van der Waals surface area contributed by atoms with Crippen LogP contribution in [-0.4, -0.2) is 46.2 Å². The first kappa shape index (κ1) is 14.9. The van der Waals surface area contributed by atoms with Crippen LogP contribution in [0.4, 0.5) is 0 Å². The topological polar surface area (TPSA) is 55.4 Å². The highest BCUT2D eigenvalue weighted by atomic mass is 32.2. The molecule has 0 aliphatic carbocycles. The molecule has 0 amide bonds. The van der Waals surface area contributed by atoms with Crippen molar-refractivity contribution in [1.82, 2.24) is 5.32 Å². The molecule has 0 aliphatic rings. The van der Waals surface area contributed by atoms with E-state index in [9.17, 15) is 8.42 Å². The van der Waals surface area contributed by atoms with E-state index in [1.165, 1.54) is 0 Å². The van der Waals surface area contributed by atoms with Gasteiger partial charge in [0.25, 0.3) is 0 Å². The van der Waals surface area contributed by atoms with E-state index in [-0.39, 0.29) is 11.5 Å². The molecule has 0 spiro atoms. The minimum absolute atomic E-state index is 0.216. The van der Waals surface area contributed by atoms with Crippen LogP contribution >= 0.6 is 0 Å². The van der Waals surface area contributed by atoms with Gasteiger partial charge in [-0.05, 0) is 5.92 Å². The van der Waals surface area contributed by atoms with Crippen molar-refractivity contribution < 1.29 is 13.2 Å². The Morgan fingerprint density at radius 2 is 1.93 bits per heavy atom. The Balaban J connectivity index is 3.26. The van der Waals surface area contributed by atoms with Crippen LogP contribution in [0.2, 0.25) is 0 Å². The zero-order valence-electron chi connectivity index (χ0n) is 9.95. The SMILES string of the molecule is CCS(=O)(=O)CCNCCOCC(C)C. The van der Waals surface area contributed by atoms with Crippen molar-refractivity contribution in [3.05, 3.63) is 0 Å². The third-order valence-electron chi connectivity index (χ3n) is 1.90. The van der Waals surface area contributed by atoms with E-state index >= 15 is 0 Å². The molecule has 0 fully saturated rings. The fourth-order valence-electron chi connectivity index (χ4n) is 0.960. The predicted molar refractivity (Wildman–Crippen MR) is 62.9 cm³/mol. The highest BCUT2D eigenvalue weighted by Gasteiger charge is 2.05. The van der Waals surface area contributed by atoms with E-state index in [4.69, 9.17) is 4.74 Å². The molecule has 0 rings (SSSR count). The average Bonchev–Trinajstić information content (AvgIpc) is 2.16. The normalized spacial score (nSPS) is 12.3. The summed E-state index contributed by atoms with van der Waals surface area (Å²) in [5.74, 6) is 0.983. The molecule has 0 saturated heterocycles. The fraction of sp³-hybridized carbons (Fsp3) is 1.00. The van der Waals surface area contributed by atoms with E-state index in [0.29, 0.717) is 25.6 Å². The van der Waals surface area contributed by atoms with E-state index in [1.807, 2.05) is 0 Å². The van der Waals surface area contributed by atoms with Crippen LogP contribution in [0.5, 0.6) is 0 Å². The van der Waals surface area contributed by atoms with Crippen LogP contribution in [0.3, 0.4) is 0 Å². The first-order valence-corrected chi connectivity index (χ1v) is 7.29. The quantitative estimate of drug-likeness (QED) is 0.599. The van der Waals surface area contributed by atoms with E-state index in [0.717, 1.165) is 6.61 Å². The second-order valence-electron chi connectivity index (χ2n) is 3.96. The molecule has 1 N–H and O–H groups in total. The molecular weight excluding hydrogens is 214 g/mol. The van der Waals surface area contributed by atoms with Gasteiger partial charge in [-0.15, -0.1) is 0 Å². The maximum absolute atomic E-state index is 11.1. The summed E-state index contributed by atoms with van der Waals surface area (Å²) in [5, 5.41) is 3.05. The van der Waals surface area contributed by atoms with Crippen molar-refractivity contribution in [2.45, 2.75) is 20.8 Å². The van der Waals surface area contributed by atoms with Crippen LogP contribution in [0, 0.1) is 5.92 Å². The van der Waals surface area contributed by atoms with Gasteiger partial charge >= 0.3 is 0 Å². The van der Waals surface area contributed by atoms with Crippen LogP contribution in [-0.2, 0) is 14.6 Å². The molecule has 0 atom stereocenters. The Bertz CT molecular complexity index is 237. The smallest absolute Gasteiger partial charge is 0.151 e. The molecule has 0 heterocycles. The monoisotopic (exact) mass is 237 g/mol. The third-order valence-corrected chi connectivity index (χ3v) is 3.61. The number of ether oxygens (including phenoxy) is 1. The highest BCUT2D eigenvalue weighted by Crippen LogP contribution is 1.91. The first-order valence-electron chi connectivity index (χ1n) is 5.47. The lowest BCUT2D eigenvalue weighted by Crippen LogP contribution is -2.27. The number of rotatable bonds is 9. The predicted octanol–water partition coefficient (Wildman–Crippen LogP) is 0.683. The van der Waals surface area contributed by atoms with Crippen molar-refractivity contribution in [2.75, 3.05) is 37.8 Å². The average molecular weight is 237 g/mol. The maximum Gasteiger partial charge on any atom is 0.151 e. The number of nitrogens with one attached hydrogen (secondary N) is 1. The van der Waals surface area contributed by atoms with E-state index in [2.05, 4.69) is 19.2 Å². The van der Waals surface area contributed by atoms with Gasteiger partial charge in [-0.2, -0.15) is 0 Å². The summed E-state index contributed by atoms with van der Waals surface area (Å²) in [5.41, 5.74) is 0. The molecule has 5 heteroatoms. The lowest BCUT2D eigenvalue weighted by atomic mass is 10.2. The van der Waals surface area contributed by atoms with Crippen LogP contribution in [0.1, 0.15) is 20.8 Å². The molecule has 0 saturated carbocycles. The van der Waals surface area contributed by atoms with Crippen LogP contribution in [0.25, 0.3) is 0 Å². The summed E-state index contributed by atoms with van der Waals surface area (Å²) < 4.78 is 27.6. The molecule has 4 nitrogen and oxygen atoms in total. The van der Waals surface area contributed by atoms with Gasteiger partial charge in [0.15, 0.2) is 9.84 Å². The molecule has 0 aromatic heterocycles.